The van der Waals surface area contributed by atoms with Crippen molar-refractivity contribution in [2.75, 3.05) is 6.61 Å². The highest BCUT2D eigenvalue weighted by Gasteiger charge is 2.40. The summed E-state index contributed by atoms with van der Waals surface area (Å²) in [5, 5.41) is 8.50. The van der Waals surface area contributed by atoms with Crippen LogP contribution in [0.5, 0.6) is 0 Å². The largest absolute Gasteiger partial charge is 0.394 e. The molecule has 1 aliphatic rings. The van der Waals surface area contributed by atoms with E-state index < -0.39 is 0 Å². The van der Waals surface area contributed by atoms with Gasteiger partial charge in [0.2, 0.25) is 0 Å². The quantitative estimate of drug-likeness (QED) is 0.530. The van der Waals surface area contributed by atoms with Gasteiger partial charge >= 0.3 is 0 Å². The van der Waals surface area contributed by atoms with E-state index in [1.165, 1.54) is 0 Å². The highest BCUT2D eigenvalue weighted by Crippen LogP contribution is 2.27. The van der Waals surface area contributed by atoms with Crippen LogP contribution in [-0.2, 0) is 4.74 Å². The zero-order valence-corrected chi connectivity index (χ0v) is 5.29. The van der Waals surface area contributed by atoms with Crippen LogP contribution in [0.3, 0.4) is 0 Å². The van der Waals surface area contributed by atoms with E-state index in [4.69, 9.17) is 9.84 Å². The van der Waals surface area contributed by atoms with Crippen molar-refractivity contribution in [2.45, 2.75) is 26.1 Å². The molecule has 0 aliphatic carbocycles. The van der Waals surface area contributed by atoms with E-state index in [2.05, 4.69) is 13.8 Å². The van der Waals surface area contributed by atoms with Crippen molar-refractivity contribution in [3.05, 3.63) is 0 Å². The maximum atomic E-state index is 8.50. The van der Waals surface area contributed by atoms with Crippen LogP contribution < -0.4 is 0 Å². The predicted octanol–water partition coefficient (Wildman–Crippen LogP) is 0.402. The van der Waals surface area contributed by atoms with Gasteiger partial charge in [0.05, 0.1) is 12.7 Å². The molecule has 1 fully saturated rings. The van der Waals surface area contributed by atoms with E-state index in [9.17, 15) is 0 Å². The molecule has 2 heteroatoms. The van der Waals surface area contributed by atoms with Gasteiger partial charge in [0.25, 0.3) is 0 Å². The van der Waals surface area contributed by atoms with Crippen LogP contribution in [0.4, 0.5) is 0 Å². The van der Waals surface area contributed by atoms with E-state index in [1.54, 1.807) is 0 Å². The molecule has 0 aromatic carbocycles. The summed E-state index contributed by atoms with van der Waals surface area (Å²) < 4.78 is 5.08. The molecule has 1 saturated heterocycles. The molecular formula is C6H12O2. The molecule has 48 valence electrons. The zero-order chi connectivity index (χ0) is 6.15. The van der Waals surface area contributed by atoms with E-state index in [-0.39, 0.29) is 12.7 Å². The van der Waals surface area contributed by atoms with Gasteiger partial charge in [-0.3, -0.25) is 0 Å². The molecule has 0 radical (unpaired) electrons. The third-order valence-corrected chi connectivity index (χ3v) is 1.46. The first-order valence-electron chi connectivity index (χ1n) is 3.02. The molecule has 0 aromatic rings. The Morgan fingerprint density at radius 2 is 2.25 bits per heavy atom. The van der Waals surface area contributed by atoms with Crippen LogP contribution >= 0.6 is 0 Å². The van der Waals surface area contributed by atoms with Crippen molar-refractivity contribution in [1.29, 1.82) is 0 Å². The number of rotatable bonds is 2. The molecule has 0 unspecified atom stereocenters. The maximum Gasteiger partial charge on any atom is 0.107 e. The summed E-state index contributed by atoms with van der Waals surface area (Å²) in [6.07, 6.45) is 0.481. The summed E-state index contributed by atoms with van der Waals surface area (Å²) in [6.45, 7) is 4.38. The first-order valence-corrected chi connectivity index (χ1v) is 3.02. The first-order chi connectivity index (χ1) is 3.75. The number of aliphatic hydroxyl groups excluding tert-OH is 1. The van der Waals surface area contributed by atoms with Gasteiger partial charge in [-0.2, -0.15) is 0 Å². The summed E-state index contributed by atoms with van der Waals surface area (Å²) in [4.78, 5) is 0. The van der Waals surface area contributed by atoms with Crippen molar-refractivity contribution in [3.63, 3.8) is 0 Å². The van der Waals surface area contributed by atoms with Gasteiger partial charge in [-0.05, 0) is 5.92 Å². The van der Waals surface area contributed by atoms with Crippen LogP contribution in [0.1, 0.15) is 13.8 Å². The highest BCUT2D eigenvalue weighted by atomic mass is 16.6. The third-order valence-electron chi connectivity index (χ3n) is 1.46. The van der Waals surface area contributed by atoms with Crippen molar-refractivity contribution < 1.29 is 9.84 Å². The van der Waals surface area contributed by atoms with Crippen LogP contribution in [0.2, 0.25) is 0 Å². The molecule has 2 nitrogen and oxygen atoms in total. The number of hydrogen-bond acceptors (Lipinski definition) is 2. The van der Waals surface area contributed by atoms with Gasteiger partial charge in [0, 0.05) is 0 Å². The second-order valence-electron chi connectivity index (χ2n) is 2.57. The number of ether oxygens (including phenoxy) is 1. The first kappa shape index (κ1) is 6.05. The maximum absolute atomic E-state index is 8.50. The molecule has 1 N–H and O–H groups in total. The van der Waals surface area contributed by atoms with E-state index >= 15 is 0 Å². The molecular weight excluding hydrogens is 104 g/mol. The van der Waals surface area contributed by atoms with Crippen LogP contribution in [0, 0.1) is 5.92 Å². The monoisotopic (exact) mass is 116 g/mol. The third kappa shape index (κ3) is 1.01. The smallest absolute Gasteiger partial charge is 0.107 e. The summed E-state index contributed by atoms with van der Waals surface area (Å²) in [5.74, 6) is 0.562. The fourth-order valence-electron chi connectivity index (χ4n) is 0.890. The molecule has 8 heavy (non-hydrogen) atoms. The summed E-state index contributed by atoms with van der Waals surface area (Å²) >= 11 is 0. The average Bonchev–Trinajstić information content (AvgIpc) is 2.42. The molecule has 1 rings (SSSR count). The summed E-state index contributed by atoms with van der Waals surface area (Å²) in [7, 11) is 0. The average molecular weight is 116 g/mol. The highest BCUT2D eigenvalue weighted by molar-refractivity contribution is 4.85. The number of hydrogen-bond donors (Lipinski definition) is 1. The van der Waals surface area contributed by atoms with Gasteiger partial charge in [0.15, 0.2) is 0 Å². The topological polar surface area (TPSA) is 32.8 Å². The number of epoxide rings is 1. The van der Waals surface area contributed by atoms with Crippen LogP contribution in [0.25, 0.3) is 0 Å². The molecule has 2 atom stereocenters. The lowest BCUT2D eigenvalue weighted by Crippen LogP contribution is -2.04. The van der Waals surface area contributed by atoms with Crippen LogP contribution in [-0.4, -0.2) is 23.9 Å². The second kappa shape index (κ2) is 2.03. The molecule has 0 saturated carbocycles. The Morgan fingerprint density at radius 1 is 1.62 bits per heavy atom. The van der Waals surface area contributed by atoms with Crippen molar-refractivity contribution in [1.82, 2.24) is 0 Å². The van der Waals surface area contributed by atoms with Gasteiger partial charge < -0.3 is 9.84 Å². The van der Waals surface area contributed by atoms with Gasteiger partial charge in [-0.25, -0.2) is 0 Å². The zero-order valence-electron chi connectivity index (χ0n) is 5.29. The van der Waals surface area contributed by atoms with Crippen molar-refractivity contribution in [2.24, 2.45) is 5.92 Å². The Bertz CT molecular complexity index is 80.6. The van der Waals surface area contributed by atoms with Crippen LogP contribution in [0.15, 0.2) is 0 Å². The summed E-state index contributed by atoms with van der Waals surface area (Å²) in [5.41, 5.74) is 0. The molecule has 0 aromatic heterocycles. The molecule has 1 aliphatic heterocycles. The number of aliphatic hydroxyl groups is 1. The molecule has 0 bridgehead atoms. The van der Waals surface area contributed by atoms with E-state index in [0.29, 0.717) is 12.0 Å². The fraction of sp³-hybridized carbons (Fsp3) is 1.00. The summed E-state index contributed by atoms with van der Waals surface area (Å²) in [6, 6.07) is 0. The van der Waals surface area contributed by atoms with Gasteiger partial charge in [-0.15, -0.1) is 0 Å². The van der Waals surface area contributed by atoms with Gasteiger partial charge in [0.1, 0.15) is 6.10 Å². The Kier molecular flexibility index (Phi) is 1.54. The Hall–Kier alpha value is -0.0800. The lowest BCUT2D eigenvalue weighted by molar-refractivity contribution is 0.240. The standard InChI is InChI=1S/C6H12O2/c1-4(2)6-5(3-7)8-6/h4-7H,3H2,1-2H3/t5-,6-/m1/s1. The molecule has 0 spiro atoms. The van der Waals surface area contributed by atoms with E-state index in [0.717, 1.165) is 0 Å². The Labute approximate surface area is 49.5 Å². The SMILES string of the molecule is CC(C)[C@H]1O[C@@H]1CO. The predicted molar refractivity (Wildman–Crippen MR) is 30.6 cm³/mol. The fourth-order valence-corrected chi connectivity index (χ4v) is 0.890. The Morgan fingerprint density at radius 3 is 2.38 bits per heavy atom. The minimum Gasteiger partial charge on any atom is -0.394 e. The normalized spacial score (nSPS) is 36.0. The lowest BCUT2D eigenvalue weighted by Gasteiger charge is -1.93. The molecule has 1 heterocycles. The van der Waals surface area contributed by atoms with Crippen molar-refractivity contribution in [3.8, 4) is 0 Å². The molecule has 0 amide bonds. The van der Waals surface area contributed by atoms with Crippen molar-refractivity contribution >= 4 is 0 Å². The van der Waals surface area contributed by atoms with E-state index in [1.807, 2.05) is 0 Å². The second-order valence-corrected chi connectivity index (χ2v) is 2.57. The minimum absolute atomic E-state index is 0.148. The Balaban J connectivity index is 2.16. The van der Waals surface area contributed by atoms with Gasteiger partial charge in [-0.1, -0.05) is 13.8 Å². The lowest BCUT2D eigenvalue weighted by atomic mass is 10.1. The minimum atomic E-state index is 0.148.